The highest BCUT2D eigenvalue weighted by Crippen LogP contribution is 1.99. The van der Waals surface area contributed by atoms with E-state index in [0.29, 0.717) is 0 Å². The number of aromatic nitrogens is 3. The fourth-order valence-electron chi connectivity index (χ4n) is 0.876. The van der Waals surface area contributed by atoms with Crippen LogP contribution in [-0.4, -0.2) is 44.8 Å². The van der Waals surface area contributed by atoms with Crippen LogP contribution in [0.4, 0.5) is 10.6 Å². The van der Waals surface area contributed by atoms with E-state index in [4.69, 9.17) is 5.11 Å². The monoisotopic (exact) mass is 240 g/mol. The maximum absolute atomic E-state index is 11.1. The number of carbonyl (C=O) groups excluding carboxylic acids is 2. The molecule has 0 fully saturated rings. The number of rotatable bonds is 5. The van der Waals surface area contributed by atoms with E-state index in [1.807, 2.05) is 0 Å². The van der Waals surface area contributed by atoms with Gasteiger partial charge in [0.05, 0.1) is 6.20 Å². The highest BCUT2D eigenvalue weighted by Gasteiger charge is 2.06. The summed E-state index contributed by atoms with van der Waals surface area (Å²) in [7, 11) is 0. The Hall–Kier alpha value is -2.74. The minimum Gasteiger partial charge on any atom is -0.480 e. The molecule has 17 heavy (non-hydrogen) atoms. The SMILES string of the molecule is O=C=NCNC(=O)Nc1cn(CC(=O)O)nn1. The Bertz CT molecular complexity index is 463. The predicted molar refractivity (Wildman–Crippen MR) is 52.8 cm³/mol. The van der Waals surface area contributed by atoms with E-state index in [1.165, 1.54) is 12.3 Å². The molecule has 1 heterocycles. The van der Waals surface area contributed by atoms with Gasteiger partial charge in [0, 0.05) is 0 Å². The number of carboxylic acid groups (broad SMARTS) is 1. The van der Waals surface area contributed by atoms with E-state index < -0.39 is 12.0 Å². The topological polar surface area (TPSA) is 139 Å². The summed E-state index contributed by atoms with van der Waals surface area (Å²) in [6.45, 7) is -0.565. The molecule has 0 atom stereocenters. The van der Waals surface area contributed by atoms with Gasteiger partial charge in [0.1, 0.15) is 13.2 Å². The van der Waals surface area contributed by atoms with E-state index in [1.54, 1.807) is 0 Å². The fourth-order valence-corrected chi connectivity index (χ4v) is 0.876. The molecule has 0 saturated carbocycles. The summed E-state index contributed by atoms with van der Waals surface area (Å²) in [6.07, 6.45) is 2.49. The molecule has 0 aliphatic carbocycles. The summed E-state index contributed by atoms with van der Waals surface area (Å²) < 4.78 is 1.04. The van der Waals surface area contributed by atoms with Crippen LogP contribution in [0.1, 0.15) is 0 Å². The first kappa shape index (κ1) is 12.3. The molecule has 0 aliphatic rings. The molecular formula is C7H8N6O4. The van der Waals surface area contributed by atoms with Gasteiger partial charge in [0.25, 0.3) is 0 Å². The highest BCUT2D eigenvalue weighted by atomic mass is 16.4. The second-order valence-corrected chi connectivity index (χ2v) is 2.73. The van der Waals surface area contributed by atoms with Crippen molar-refractivity contribution in [3.63, 3.8) is 0 Å². The standard InChI is InChI=1S/C7H8N6O4/c14-4-8-3-9-7(17)10-5-1-13(12-11-5)2-6(15)16/h1H,2-3H2,(H,15,16)(H2,9,10,17). The summed E-state index contributed by atoms with van der Waals surface area (Å²) in [6, 6.07) is -0.647. The first-order chi connectivity index (χ1) is 8.11. The number of aliphatic imine (C=N–C) groups is 1. The average molecular weight is 240 g/mol. The Morgan fingerprint density at radius 1 is 1.59 bits per heavy atom. The zero-order valence-corrected chi connectivity index (χ0v) is 8.45. The summed E-state index contributed by atoms with van der Waals surface area (Å²) >= 11 is 0. The van der Waals surface area contributed by atoms with Crippen LogP contribution in [0.15, 0.2) is 11.2 Å². The quantitative estimate of drug-likeness (QED) is 0.435. The fraction of sp³-hybridized carbons (Fsp3) is 0.286. The van der Waals surface area contributed by atoms with Gasteiger partial charge < -0.3 is 10.4 Å². The summed E-state index contributed by atoms with van der Waals surface area (Å²) in [5.41, 5.74) is 0. The Morgan fingerprint density at radius 3 is 3.00 bits per heavy atom. The lowest BCUT2D eigenvalue weighted by Crippen LogP contribution is -2.28. The number of nitrogens with one attached hydrogen (secondary N) is 2. The van der Waals surface area contributed by atoms with Gasteiger partial charge in [-0.25, -0.2) is 14.3 Å². The lowest BCUT2D eigenvalue weighted by molar-refractivity contribution is -0.137. The van der Waals surface area contributed by atoms with Gasteiger partial charge in [0.2, 0.25) is 6.08 Å². The molecule has 1 aromatic heterocycles. The molecule has 10 nitrogen and oxygen atoms in total. The molecule has 90 valence electrons. The van der Waals surface area contributed by atoms with Gasteiger partial charge in [0.15, 0.2) is 5.82 Å². The van der Waals surface area contributed by atoms with Crippen molar-refractivity contribution in [3.05, 3.63) is 6.20 Å². The van der Waals surface area contributed by atoms with Gasteiger partial charge >= 0.3 is 12.0 Å². The molecule has 10 heteroatoms. The Kier molecular flexibility index (Phi) is 4.34. The first-order valence-corrected chi connectivity index (χ1v) is 4.32. The molecule has 0 spiro atoms. The van der Waals surface area contributed by atoms with Crippen LogP contribution < -0.4 is 10.6 Å². The zero-order chi connectivity index (χ0) is 12.7. The summed E-state index contributed by atoms with van der Waals surface area (Å²) in [5, 5.41) is 19.9. The minimum absolute atomic E-state index is 0.0823. The third-order valence-corrected chi connectivity index (χ3v) is 1.46. The number of aliphatic carboxylic acids is 1. The van der Waals surface area contributed by atoms with Gasteiger partial charge in [-0.1, -0.05) is 5.21 Å². The van der Waals surface area contributed by atoms with Crippen molar-refractivity contribution in [2.75, 3.05) is 12.0 Å². The molecule has 0 aromatic carbocycles. The second kappa shape index (κ2) is 5.98. The molecule has 0 unspecified atom stereocenters. The van der Waals surface area contributed by atoms with Crippen LogP contribution in [0.3, 0.4) is 0 Å². The normalized spacial score (nSPS) is 9.18. The minimum atomic E-state index is -1.08. The predicted octanol–water partition coefficient (Wildman–Crippen LogP) is -1.22. The summed E-state index contributed by atoms with van der Waals surface area (Å²) in [5.74, 6) is -0.995. The number of hydrogen-bond donors (Lipinski definition) is 3. The number of amides is 2. The molecule has 1 aromatic rings. The summed E-state index contributed by atoms with van der Waals surface area (Å²) in [4.78, 5) is 34.3. The van der Waals surface area contributed by atoms with Crippen molar-refractivity contribution in [1.29, 1.82) is 0 Å². The molecular weight excluding hydrogens is 232 g/mol. The van der Waals surface area contributed by atoms with Crippen molar-refractivity contribution in [2.24, 2.45) is 4.99 Å². The van der Waals surface area contributed by atoms with E-state index in [2.05, 4.69) is 25.9 Å². The van der Waals surface area contributed by atoms with E-state index in [0.717, 1.165) is 4.68 Å². The molecule has 0 bridgehead atoms. The Balaban J connectivity index is 2.45. The van der Waals surface area contributed by atoms with Crippen LogP contribution >= 0.6 is 0 Å². The van der Waals surface area contributed by atoms with Crippen LogP contribution in [0.2, 0.25) is 0 Å². The number of hydrogen-bond acceptors (Lipinski definition) is 6. The number of isocyanates is 1. The number of anilines is 1. The number of urea groups is 1. The maximum atomic E-state index is 11.1. The average Bonchev–Trinajstić information content (AvgIpc) is 2.64. The van der Waals surface area contributed by atoms with Crippen molar-refractivity contribution in [3.8, 4) is 0 Å². The van der Waals surface area contributed by atoms with Crippen LogP contribution in [-0.2, 0) is 16.1 Å². The largest absolute Gasteiger partial charge is 0.480 e. The maximum Gasteiger partial charge on any atom is 0.325 e. The van der Waals surface area contributed by atoms with Gasteiger partial charge in [-0.05, 0) is 0 Å². The molecule has 3 N–H and O–H groups in total. The molecule has 0 saturated heterocycles. The van der Waals surface area contributed by atoms with Crippen molar-refractivity contribution in [1.82, 2.24) is 20.3 Å². The van der Waals surface area contributed by atoms with Crippen LogP contribution in [0.5, 0.6) is 0 Å². The van der Waals surface area contributed by atoms with E-state index in [9.17, 15) is 14.4 Å². The lowest BCUT2D eigenvalue weighted by Gasteiger charge is -2.00. The van der Waals surface area contributed by atoms with Crippen LogP contribution in [0, 0.1) is 0 Å². The molecule has 0 radical (unpaired) electrons. The second-order valence-electron chi connectivity index (χ2n) is 2.73. The van der Waals surface area contributed by atoms with Gasteiger partial charge in [-0.15, -0.1) is 5.10 Å². The van der Waals surface area contributed by atoms with E-state index >= 15 is 0 Å². The Morgan fingerprint density at radius 2 is 2.35 bits per heavy atom. The lowest BCUT2D eigenvalue weighted by atomic mass is 10.6. The highest BCUT2D eigenvalue weighted by molar-refractivity contribution is 5.87. The third kappa shape index (κ3) is 4.53. The van der Waals surface area contributed by atoms with Gasteiger partial charge in [-0.2, -0.15) is 4.99 Å². The van der Waals surface area contributed by atoms with Crippen molar-refractivity contribution in [2.45, 2.75) is 6.54 Å². The number of nitrogens with zero attached hydrogens (tertiary/aromatic N) is 4. The third-order valence-electron chi connectivity index (χ3n) is 1.46. The van der Waals surface area contributed by atoms with Crippen molar-refractivity contribution < 1.29 is 19.5 Å². The van der Waals surface area contributed by atoms with E-state index in [-0.39, 0.29) is 19.0 Å². The number of carbonyl (C=O) groups is 2. The molecule has 1 rings (SSSR count). The number of carboxylic acids is 1. The van der Waals surface area contributed by atoms with Crippen molar-refractivity contribution >= 4 is 23.9 Å². The van der Waals surface area contributed by atoms with Gasteiger partial charge in [-0.3, -0.25) is 10.1 Å². The zero-order valence-electron chi connectivity index (χ0n) is 8.45. The molecule has 0 aliphatic heterocycles. The van der Waals surface area contributed by atoms with Crippen LogP contribution in [0.25, 0.3) is 0 Å². The Labute approximate surface area is 94.3 Å². The first-order valence-electron chi connectivity index (χ1n) is 4.32. The molecule has 2 amide bonds. The smallest absolute Gasteiger partial charge is 0.325 e.